The van der Waals surface area contributed by atoms with Crippen LogP contribution in [0.4, 0.5) is 4.39 Å². The Morgan fingerprint density at radius 1 is 0.762 bits per heavy atom. The van der Waals surface area contributed by atoms with E-state index in [-0.39, 0.29) is 11.9 Å². The SMILES string of the molecule is Cc1cc(F)cc(C(N)c2c(C)c(C)c(C)c(C)c2C)c1. The van der Waals surface area contributed by atoms with E-state index in [1.54, 1.807) is 6.07 Å². The third-order valence-electron chi connectivity index (χ3n) is 4.79. The Morgan fingerprint density at radius 2 is 1.24 bits per heavy atom. The molecule has 0 saturated carbocycles. The molecule has 2 rings (SSSR count). The summed E-state index contributed by atoms with van der Waals surface area (Å²) in [5.74, 6) is -0.226. The first-order valence-corrected chi connectivity index (χ1v) is 7.33. The molecule has 21 heavy (non-hydrogen) atoms. The Balaban J connectivity index is 2.66. The van der Waals surface area contributed by atoms with E-state index in [1.807, 2.05) is 13.0 Å². The first kappa shape index (κ1) is 15.7. The van der Waals surface area contributed by atoms with Crippen LogP contribution in [0, 0.1) is 47.4 Å². The Morgan fingerprint density at radius 3 is 1.71 bits per heavy atom. The Labute approximate surface area is 127 Å². The zero-order valence-corrected chi connectivity index (χ0v) is 13.8. The van der Waals surface area contributed by atoms with Crippen LogP contribution in [0.5, 0.6) is 0 Å². The minimum Gasteiger partial charge on any atom is -0.320 e. The van der Waals surface area contributed by atoms with Crippen LogP contribution in [0.2, 0.25) is 0 Å². The van der Waals surface area contributed by atoms with Crippen LogP contribution in [0.15, 0.2) is 18.2 Å². The van der Waals surface area contributed by atoms with Gasteiger partial charge in [0.25, 0.3) is 0 Å². The van der Waals surface area contributed by atoms with Crippen molar-refractivity contribution in [2.24, 2.45) is 5.73 Å². The van der Waals surface area contributed by atoms with Gasteiger partial charge in [0, 0.05) is 0 Å². The number of nitrogens with two attached hydrogens (primary N) is 1. The van der Waals surface area contributed by atoms with Crippen LogP contribution in [-0.2, 0) is 0 Å². The van der Waals surface area contributed by atoms with Gasteiger partial charge in [0.2, 0.25) is 0 Å². The van der Waals surface area contributed by atoms with Gasteiger partial charge in [-0.1, -0.05) is 6.07 Å². The summed E-state index contributed by atoms with van der Waals surface area (Å²) < 4.78 is 13.7. The van der Waals surface area contributed by atoms with E-state index >= 15 is 0 Å². The molecule has 0 bridgehead atoms. The minimum atomic E-state index is -0.294. The molecule has 112 valence electrons. The van der Waals surface area contributed by atoms with E-state index in [2.05, 4.69) is 34.6 Å². The van der Waals surface area contributed by atoms with Gasteiger partial charge in [-0.15, -0.1) is 0 Å². The Hall–Kier alpha value is -1.67. The number of benzene rings is 2. The Bertz CT molecular complexity index is 652. The van der Waals surface area contributed by atoms with Crippen LogP contribution >= 0.6 is 0 Å². The zero-order chi connectivity index (χ0) is 15.9. The molecule has 0 aliphatic heterocycles. The van der Waals surface area contributed by atoms with E-state index in [0.29, 0.717) is 0 Å². The van der Waals surface area contributed by atoms with Gasteiger partial charge in [-0.25, -0.2) is 4.39 Å². The van der Waals surface area contributed by atoms with E-state index in [1.165, 1.54) is 33.9 Å². The average Bonchev–Trinajstić information content (AvgIpc) is 2.42. The second kappa shape index (κ2) is 5.61. The molecule has 0 aliphatic carbocycles. The van der Waals surface area contributed by atoms with Crippen molar-refractivity contribution in [3.05, 3.63) is 68.5 Å². The quantitative estimate of drug-likeness (QED) is 0.848. The van der Waals surface area contributed by atoms with Crippen molar-refractivity contribution in [2.45, 2.75) is 47.6 Å². The van der Waals surface area contributed by atoms with Crippen molar-refractivity contribution in [2.75, 3.05) is 0 Å². The van der Waals surface area contributed by atoms with Crippen LogP contribution in [-0.4, -0.2) is 0 Å². The highest BCUT2D eigenvalue weighted by Gasteiger charge is 2.19. The van der Waals surface area contributed by atoms with E-state index < -0.39 is 0 Å². The summed E-state index contributed by atoms with van der Waals surface area (Å²) in [6.07, 6.45) is 0. The molecule has 1 unspecified atom stereocenters. The molecule has 2 N–H and O–H groups in total. The van der Waals surface area contributed by atoms with Crippen LogP contribution in [0.3, 0.4) is 0 Å². The maximum absolute atomic E-state index is 13.7. The lowest BCUT2D eigenvalue weighted by molar-refractivity contribution is 0.622. The number of hydrogen-bond donors (Lipinski definition) is 1. The summed E-state index contributed by atoms with van der Waals surface area (Å²) in [4.78, 5) is 0. The fourth-order valence-electron chi connectivity index (χ4n) is 3.11. The normalized spacial score (nSPS) is 12.6. The van der Waals surface area contributed by atoms with Crippen molar-refractivity contribution < 1.29 is 4.39 Å². The van der Waals surface area contributed by atoms with Crippen molar-refractivity contribution in [3.63, 3.8) is 0 Å². The molecule has 1 nitrogen and oxygen atoms in total. The monoisotopic (exact) mass is 285 g/mol. The van der Waals surface area contributed by atoms with Gasteiger partial charge in [0.05, 0.1) is 6.04 Å². The topological polar surface area (TPSA) is 26.0 Å². The first-order chi connectivity index (χ1) is 9.73. The maximum atomic E-state index is 13.7. The number of hydrogen-bond acceptors (Lipinski definition) is 1. The van der Waals surface area contributed by atoms with Gasteiger partial charge in [-0.2, -0.15) is 0 Å². The summed E-state index contributed by atoms with van der Waals surface area (Å²) in [5, 5.41) is 0. The van der Waals surface area contributed by atoms with E-state index in [9.17, 15) is 4.39 Å². The van der Waals surface area contributed by atoms with E-state index in [4.69, 9.17) is 5.73 Å². The summed E-state index contributed by atoms with van der Waals surface area (Å²) in [6, 6.07) is 4.75. The molecule has 2 aromatic rings. The molecule has 0 spiro atoms. The molecule has 1 atom stereocenters. The highest BCUT2D eigenvalue weighted by Crippen LogP contribution is 2.32. The van der Waals surface area contributed by atoms with Gasteiger partial charge in [0.1, 0.15) is 5.82 Å². The largest absolute Gasteiger partial charge is 0.320 e. The van der Waals surface area contributed by atoms with Gasteiger partial charge in [0.15, 0.2) is 0 Å². The van der Waals surface area contributed by atoms with Gasteiger partial charge in [-0.05, 0) is 98.2 Å². The Kier molecular flexibility index (Phi) is 4.20. The fourth-order valence-corrected chi connectivity index (χ4v) is 3.11. The van der Waals surface area contributed by atoms with Crippen molar-refractivity contribution in [1.82, 2.24) is 0 Å². The molecule has 2 aromatic carbocycles. The standard InChI is InChI=1S/C19H24FN/c1-10-7-16(9-17(20)8-10)19(21)18-14(5)12(3)11(2)13(4)15(18)6/h7-9,19H,21H2,1-6H3. The minimum absolute atomic E-state index is 0.226. The molecule has 0 aliphatic rings. The van der Waals surface area contributed by atoms with Gasteiger partial charge < -0.3 is 5.73 Å². The predicted molar refractivity (Wildman–Crippen MR) is 87.3 cm³/mol. The zero-order valence-electron chi connectivity index (χ0n) is 13.8. The number of aryl methyl sites for hydroxylation is 1. The summed E-state index contributed by atoms with van der Waals surface area (Å²) in [5.41, 5.74) is 15.6. The highest BCUT2D eigenvalue weighted by atomic mass is 19.1. The average molecular weight is 285 g/mol. The third kappa shape index (κ3) is 2.73. The molecule has 2 heteroatoms. The molecule has 0 saturated heterocycles. The van der Waals surface area contributed by atoms with Crippen molar-refractivity contribution >= 4 is 0 Å². The lowest BCUT2D eigenvalue weighted by Gasteiger charge is -2.23. The van der Waals surface area contributed by atoms with Crippen molar-refractivity contribution in [3.8, 4) is 0 Å². The van der Waals surface area contributed by atoms with Crippen LogP contribution in [0.25, 0.3) is 0 Å². The summed E-state index contributed by atoms with van der Waals surface area (Å²) in [7, 11) is 0. The molecule has 0 amide bonds. The van der Waals surface area contributed by atoms with Crippen LogP contribution in [0.1, 0.15) is 50.5 Å². The third-order valence-corrected chi connectivity index (χ3v) is 4.79. The molecule has 0 heterocycles. The van der Waals surface area contributed by atoms with Crippen molar-refractivity contribution in [1.29, 1.82) is 0 Å². The first-order valence-electron chi connectivity index (χ1n) is 7.33. The summed E-state index contributed by atoms with van der Waals surface area (Å²) in [6.45, 7) is 12.5. The predicted octanol–water partition coefficient (Wildman–Crippen LogP) is 4.72. The second-order valence-electron chi connectivity index (χ2n) is 6.08. The maximum Gasteiger partial charge on any atom is 0.123 e. The van der Waals surface area contributed by atoms with Crippen LogP contribution < -0.4 is 5.73 Å². The molecular formula is C19H24FN. The molecule has 0 radical (unpaired) electrons. The second-order valence-corrected chi connectivity index (χ2v) is 6.08. The lowest BCUT2D eigenvalue weighted by atomic mass is 9.84. The number of rotatable bonds is 2. The highest BCUT2D eigenvalue weighted by molar-refractivity contribution is 5.53. The summed E-state index contributed by atoms with van der Waals surface area (Å²) >= 11 is 0. The molecular weight excluding hydrogens is 261 g/mol. The smallest absolute Gasteiger partial charge is 0.123 e. The molecule has 0 fully saturated rings. The number of halogens is 1. The fraction of sp³-hybridized carbons (Fsp3) is 0.368. The van der Waals surface area contributed by atoms with Gasteiger partial charge >= 0.3 is 0 Å². The van der Waals surface area contributed by atoms with Gasteiger partial charge in [-0.3, -0.25) is 0 Å². The lowest BCUT2D eigenvalue weighted by Crippen LogP contribution is -2.17. The van der Waals surface area contributed by atoms with E-state index in [0.717, 1.165) is 16.7 Å². The molecule has 0 aromatic heterocycles.